The molecule has 0 heterocycles. The van der Waals surface area contributed by atoms with Crippen LogP contribution in [0.15, 0.2) is 0 Å². The fraction of sp³-hybridized carbons (Fsp3) is 0.909. The summed E-state index contributed by atoms with van der Waals surface area (Å²) in [5, 5.41) is 4.12. The van der Waals surface area contributed by atoms with Crippen molar-refractivity contribution < 1.29 is 4.74 Å². The van der Waals surface area contributed by atoms with Crippen molar-refractivity contribution in [2.24, 2.45) is 0 Å². The maximum absolute atomic E-state index is 5.34. The second kappa shape index (κ2) is 8.92. The van der Waals surface area contributed by atoms with Crippen molar-refractivity contribution in [3.63, 3.8) is 0 Å². The summed E-state index contributed by atoms with van der Waals surface area (Å²) < 4.78 is 5.13. The molecule has 0 aliphatic heterocycles. The molecule has 1 unspecified atom stereocenters. The van der Waals surface area contributed by atoms with Crippen molar-refractivity contribution in [2.45, 2.75) is 39.7 Å². The van der Waals surface area contributed by atoms with Gasteiger partial charge in [-0.1, -0.05) is 13.3 Å². The zero-order chi connectivity index (χ0) is 11.7. The summed E-state index contributed by atoms with van der Waals surface area (Å²) in [5.74, 6) is 0. The zero-order valence-electron chi connectivity index (χ0n) is 10.4. The van der Waals surface area contributed by atoms with Gasteiger partial charge in [-0.25, -0.2) is 0 Å². The smallest absolute Gasteiger partial charge is 0.169 e. The first kappa shape index (κ1) is 14.6. The standard InChI is InChI=1S/C11H24N2OS/c1-5-7-8-12-11(15)13(6-2)10(3)9-14-4/h10H,5-9H2,1-4H3,(H,12,15). The minimum atomic E-state index is 0.335. The third-order valence-electron chi connectivity index (χ3n) is 2.35. The molecule has 0 saturated heterocycles. The van der Waals surface area contributed by atoms with Crippen LogP contribution in [0.1, 0.15) is 33.6 Å². The van der Waals surface area contributed by atoms with Gasteiger partial charge in [-0.05, 0) is 32.5 Å². The second-order valence-electron chi connectivity index (χ2n) is 3.68. The van der Waals surface area contributed by atoms with E-state index in [2.05, 4.69) is 31.0 Å². The Bertz CT molecular complexity index is 176. The highest BCUT2D eigenvalue weighted by molar-refractivity contribution is 7.80. The Hall–Kier alpha value is -0.350. The summed E-state index contributed by atoms with van der Waals surface area (Å²) in [7, 11) is 1.72. The molecule has 4 heteroatoms. The van der Waals surface area contributed by atoms with Crippen molar-refractivity contribution in [1.82, 2.24) is 10.2 Å². The lowest BCUT2D eigenvalue weighted by Crippen LogP contribution is -2.46. The molecule has 1 N–H and O–H groups in total. The van der Waals surface area contributed by atoms with Gasteiger partial charge in [0.1, 0.15) is 0 Å². The highest BCUT2D eigenvalue weighted by atomic mass is 32.1. The lowest BCUT2D eigenvalue weighted by atomic mass is 10.3. The monoisotopic (exact) mass is 232 g/mol. The van der Waals surface area contributed by atoms with Crippen LogP contribution in [0.2, 0.25) is 0 Å². The molecule has 0 aromatic rings. The Labute approximate surface area is 99.2 Å². The molecule has 0 spiro atoms. The van der Waals surface area contributed by atoms with Crippen LogP contribution in [0.4, 0.5) is 0 Å². The molecule has 0 aromatic carbocycles. The van der Waals surface area contributed by atoms with E-state index in [9.17, 15) is 0 Å². The summed E-state index contributed by atoms with van der Waals surface area (Å²) >= 11 is 5.34. The summed E-state index contributed by atoms with van der Waals surface area (Å²) in [4.78, 5) is 2.16. The van der Waals surface area contributed by atoms with Gasteiger partial charge in [-0.15, -0.1) is 0 Å². The predicted molar refractivity (Wildman–Crippen MR) is 69.2 cm³/mol. The van der Waals surface area contributed by atoms with Crippen molar-refractivity contribution in [1.29, 1.82) is 0 Å². The first-order valence-electron chi connectivity index (χ1n) is 5.70. The number of methoxy groups -OCH3 is 1. The number of hydrogen-bond acceptors (Lipinski definition) is 2. The van der Waals surface area contributed by atoms with Crippen LogP contribution in [0.5, 0.6) is 0 Å². The lowest BCUT2D eigenvalue weighted by Gasteiger charge is -2.30. The molecule has 0 aliphatic rings. The quantitative estimate of drug-likeness (QED) is 0.536. The van der Waals surface area contributed by atoms with E-state index >= 15 is 0 Å². The molecular weight excluding hydrogens is 208 g/mol. The maximum atomic E-state index is 5.34. The van der Waals surface area contributed by atoms with Gasteiger partial charge >= 0.3 is 0 Å². The van der Waals surface area contributed by atoms with Crippen LogP contribution in [0.3, 0.4) is 0 Å². The molecule has 0 radical (unpaired) electrons. The van der Waals surface area contributed by atoms with Crippen molar-refractivity contribution in [3.8, 4) is 0 Å². The van der Waals surface area contributed by atoms with Crippen LogP contribution in [-0.4, -0.2) is 42.9 Å². The number of unbranched alkanes of at least 4 members (excludes halogenated alkanes) is 1. The molecule has 90 valence electrons. The number of nitrogens with zero attached hydrogens (tertiary/aromatic N) is 1. The molecular formula is C11H24N2OS. The average molecular weight is 232 g/mol. The van der Waals surface area contributed by atoms with E-state index in [1.54, 1.807) is 7.11 Å². The molecule has 0 fully saturated rings. The molecule has 0 rings (SSSR count). The largest absolute Gasteiger partial charge is 0.383 e. The summed E-state index contributed by atoms with van der Waals surface area (Å²) in [5.41, 5.74) is 0. The number of thiocarbonyl (C=S) groups is 1. The lowest BCUT2D eigenvalue weighted by molar-refractivity contribution is 0.138. The van der Waals surface area contributed by atoms with Crippen LogP contribution in [0, 0.1) is 0 Å². The van der Waals surface area contributed by atoms with Crippen molar-refractivity contribution >= 4 is 17.3 Å². The van der Waals surface area contributed by atoms with E-state index in [-0.39, 0.29) is 0 Å². The van der Waals surface area contributed by atoms with Crippen molar-refractivity contribution in [2.75, 3.05) is 26.8 Å². The van der Waals surface area contributed by atoms with E-state index < -0.39 is 0 Å². The molecule has 0 saturated carbocycles. The van der Waals surface area contributed by atoms with E-state index in [1.165, 1.54) is 6.42 Å². The van der Waals surface area contributed by atoms with Gasteiger partial charge in [0, 0.05) is 20.2 Å². The molecule has 0 bridgehead atoms. The zero-order valence-corrected chi connectivity index (χ0v) is 11.2. The predicted octanol–water partition coefficient (Wildman–Crippen LogP) is 2.02. The Morgan fingerprint density at radius 3 is 2.60 bits per heavy atom. The highest BCUT2D eigenvalue weighted by Gasteiger charge is 2.14. The molecule has 0 aliphatic carbocycles. The SMILES string of the molecule is CCCCNC(=S)N(CC)C(C)COC. The van der Waals surface area contributed by atoms with Gasteiger partial charge in [-0.2, -0.15) is 0 Å². The Kier molecular flexibility index (Phi) is 8.71. The maximum Gasteiger partial charge on any atom is 0.169 e. The van der Waals surface area contributed by atoms with Gasteiger partial charge in [-0.3, -0.25) is 0 Å². The number of ether oxygens (including phenoxy) is 1. The minimum absolute atomic E-state index is 0.335. The molecule has 15 heavy (non-hydrogen) atoms. The molecule has 0 amide bonds. The third kappa shape index (κ3) is 5.95. The summed E-state index contributed by atoms with van der Waals surface area (Å²) in [6.07, 6.45) is 2.35. The van der Waals surface area contributed by atoms with Gasteiger partial charge in [0.2, 0.25) is 0 Å². The molecule has 1 atom stereocenters. The van der Waals surface area contributed by atoms with Gasteiger partial charge < -0.3 is 15.0 Å². The van der Waals surface area contributed by atoms with Crippen LogP contribution in [0.25, 0.3) is 0 Å². The van der Waals surface area contributed by atoms with Crippen LogP contribution >= 0.6 is 12.2 Å². The number of nitrogens with one attached hydrogen (secondary N) is 1. The van der Waals surface area contributed by atoms with Gasteiger partial charge in [0.05, 0.1) is 12.6 Å². The Morgan fingerprint density at radius 1 is 1.47 bits per heavy atom. The topological polar surface area (TPSA) is 24.5 Å². The number of likely N-dealkylation sites (N-methyl/N-ethyl adjacent to an activating group) is 1. The van der Waals surface area contributed by atoms with Gasteiger partial charge in [0.25, 0.3) is 0 Å². The van der Waals surface area contributed by atoms with Gasteiger partial charge in [0.15, 0.2) is 5.11 Å². The normalized spacial score (nSPS) is 12.3. The van der Waals surface area contributed by atoms with E-state index in [0.717, 1.165) is 24.6 Å². The van der Waals surface area contributed by atoms with E-state index in [0.29, 0.717) is 12.6 Å². The minimum Gasteiger partial charge on any atom is -0.383 e. The first-order chi connectivity index (χ1) is 7.17. The fourth-order valence-corrected chi connectivity index (χ4v) is 1.87. The third-order valence-corrected chi connectivity index (χ3v) is 2.73. The Balaban J connectivity index is 3.97. The first-order valence-corrected chi connectivity index (χ1v) is 6.11. The van der Waals surface area contributed by atoms with Crippen molar-refractivity contribution in [3.05, 3.63) is 0 Å². The Morgan fingerprint density at radius 2 is 2.13 bits per heavy atom. The molecule has 0 aromatic heterocycles. The van der Waals surface area contributed by atoms with E-state index in [1.807, 2.05) is 0 Å². The van der Waals surface area contributed by atoms with Crippen LogP contribution < -0.4 is 5.32 Å². The number of hydrogen-bond donors (Lipinski definition) is 1. The fourth-order valence-electron chi connectivity index (χ4n) is 1.46. The second-order valence-corrected chi connectivity index (χ2v) is 4.06. The summed E-state index contributed by atoms with van der Waals surface area (Å²) in [6.45, 7) is 9.01. The number of rotatable bonds is 7. The van der Waals surface area contributed by atoms with Crippen LogP contribution in [-0.2, 0) is 4.74 Å². The average Bonchev–Trinajstić information content (AvgIpc) is 2.19. The summed E-state index contributed by atoms with van der Waals surface area (Å²) in [6, 6.07) is 0.335. The highest BCUT2D eigenvalue weighted by Crippen LogP contribution is 2.00. The molecule has 3 nitrogen and oxygen atoms in total. The van der Waals surface area contributed by atoms with E-state index in [4.69, 9.17) is 17.0 Å².